The minimum absolute atomic E-state index is 0.901. The van der Waals surface area contributed by atoms with Crippen molar-refractivity contribution < 1.29 is 0 Å². The summed E-state index contributed by atoms with van der Waals surface area (Å²) in [5, 5.41) is 8.86. The molecular formula is C7H3BrIN3S. The summed E-state index contributed by atoms with van der Waals surface area (Å²) < 4.78 is 1.89. The van der Waals surface area contributed by atoms with Gasteiger partial charge in [0.25, 0.3) is 0 Å². The van der Waals surface area contributed by atoms with Crippen LogP contribution in [0.2, 0.25) is 0 Å². The second-order valence-corrected chi connectivity index (χ2v) is 5.90. The molecular weight excluding hydrogens is 365 g/mol. The maximum Gasteiger partial charge on any atom is 0.178 e. The van der Waals surface area contributed by atoms with Crippen molar-refractivity contribution in [2.75, 3.05) is 0 Å². The van der Waals surface area contributed by atoms with E-state index in [0.29, 0.717) is 0 Å². The second kappa shape index (κ2) is 3.97. The fourth-order valence-corrected chi connectivity index (χ4v) is 2.50. The van der Waals surface area contributed by atoms with Crippen LogP contribution in [0.5, 0.6) is 0 Å². The number of halogens is 2. The SMILES string of the molecule is Brc1cncc(-c2nnc(I)s2)c1. The van der Waals surface area contributed by atoms with Gasteiger partial charge >= 0.3 is 0 Å². The van der Waals surface area contributed by atoms with Gasteiger partial charge in [0, 0.05) is 22.4 Å². The Kier molecular flexibility index (Phi) is 2.89. The molecule has 0 aliphatic heterocycles. The van der Waals surface area contributed by atoms with Crippen LogP contribution in [-0.2, 0) is 0 Å². The van der Waals surface area contributed by atoms with Gasteiger partial charge in [-0.2, -0.15) is 0 Å². The lowest BCUT2D eigenvalue weighted by Gasteiger charge is -1.93. The lowest BCUT2D eigenvalue weighted by Crippen LogP contribution is -1.79. The third-order valence-electron chi connectivity index (χ3n) is 1.35. The van der Waals surface area contributed by atoms with Crippen molar-refractivity contribution in [2.24, 2.45) is 0 Å². The van der Waals surface area contributed by atoms with Crippen LogP contribution in [-0.4, -0.2) is 15.2 Å². The van der Waals surface area contributed by atoms with Crippen LogP contribution in [0.25, 0.3) is 10.6 Å². The van der Waals surface area contributed by atoms with E-state index in [1.807, 2.05) is 6.07 Å². The molecule has 0 amide bonds. The van der Waals surface area contributed by atoms with Gasteiger partial charge in [-0.15, -0.1) is 10.2 Å². The minimum atomic E-state index is 0.901. The third-order valence-corrected chi connectivity index (χ3v) is 3.42. The average molecular weight is 368 g/mol. The molecule has 6 heteroatoms. The first-order valence-corrected chi connectivity index (χ1v) is 6.04. The Balaban J connectivity index is 2.46. The summed E-state index contributed by atoms with van der Waals surface area (Å²) in [5.41, 5.74) is 0.995. The van der Waals surface area contributed by atoms with Crippen LogP contribution in [0.3, 0.4) is 0 Å². The zero-order valence-electron chi connectivity index (χ0n) is 6.24. The van der Waals surface area contributed by atoms with Crippen molar-refractivity contribution in [1.29, 1.82) is 0 Å². The zero-order valence-corrected chi connectivity index (χ0v) is 10.8. The van der Waals surface area contributed by atoms with Gasteiger partial charge in [0.2, 0.25) is 0 Å². The van der Waals surface area contributed by atoms with Gasteiger partial charge in [-0.05, 0) is 44.6 Å². The number of rotatable bonds is 1. The van der Waals surface area contributed by atoms with Crippen LogP contribution in [0.1, 0.15) is 0 Å². The fraction of sp³-hybridized carbons (Fsp3) is 0. The van der Waals surface area contributed by atoms with Gasteiger partial charge in [-0.3, -0.25) is 4.98 Å². The van der Waals surface area contributed by atoms with Gasteiger partial charge in [0.15, 0.2) is 3.01 Å². The molecule has 0 fully saturated rings. The summed E-state index contributed by atoms with van der Waals surface area (Å²) >= 11 is 7.06. The summed E-state index contributed by atoms with van der Waals surface area (Å²) in [7, 11) is 0. The summed E-state index contributed by atoms with van der Waals surface area (Å²) in [6, 6.07) is 1.98. The predicted molar refractivity (Wildman–Crippen MR) is 63.6 cm³/mol. The van der Waals surface area contributed by atoms with E-state index in [0.717, 1.165) is 18.1 Å². The molecule has 0 atom stereocenters. The Labute approximate surface area is 101 Å². The Hall–Kier alpha value is -0.0800. The molecule has 13 heavy (non-hydrogen) atoms. The highest BCUT2D eigenvalue weighted by molar-refractivity contribution is 14.1. The van der Waals surface area contributed by atoms with Crippen molar-refractivity contribution in [3.63, 3.8) is 0 Å². The summed E-state index contributed by atoms with van der Waals surface area (Å²) in [4.78, 5) is 4.06. The summed E-state index contributed by atoms with van der Waals surface area (Å²) in [6.07, 6.45) is 3.52. The molecule has 2 heterocycles. The Bertz CT molecular complexity index is 431. The van der Waals surface area contributed by atoms with E-state index >= 15 is 0 Å². The summed E-state index contributed by atoms with van der Waals surface area (Å²) in [5.74, 6) is 0. The monoisotopic (exact) mass is 367 g/mol. The molecule has 2 aromatic heterocycles. The smallest absolute Gasteiger partial charge is 0.178 e. The van der Waals surface area contributed by atoms with E-state index in [4.69, 9.17) is 0 Å². The molecule has 3 nitrogen and oxygen atoms in total. The van der Waals surface area contributed by atoms with Crippen molar-refractivity contribution in [3.05, 3.63) is 25.9 Å². The number of nitrogens with zero attached hydrogens (tertiary/aromatic N) is 3. The van der Waals surface area contributed by atoms with E-state index in [1.54, 1.807) is 23.7 Å². The van der Waals surface area contributed by atoms with Crippen LogP contribution in [0.15, 0.2) is 22.9 Å². The van der Waals surface area contributed by atoms with Crippen molar-refractivity contribution in [1.82, 2.24) is 15.2 Å². The first-order valence-electron chi connectivity index (χ1n) is 3.35. The lowest BCUT2D eigenvalue weighted by atomic mass is 10.3. The van der Waals surface area contributed by atoms with Gasteiger partial charge in [0.05, 0.1) is 0 Å². The van der Waals surface area contributed by atoms with Gasteiger partial charge in [-0.25, -0.2) is 0 Å². The maximum absolute atomic E-state index is 4.06. The van der Waals surface area contributed by atoms with E-state index in [2.05, 4.69) is 53.7 Å². The standard InChI is InChI=1S/C7H3BrIN3S/c8-5-1-4(2-10-3-5)6-11-12-7(9)13-6/h1-3H. The predicted octanol–water partition coefficient (Wildman–Crippen LogP) is 2.97. The van der Waals surface area contributed by atoms with Crippen molar-refractivity contribution in [3.8, 4) is 10.6 Å². The normalized spacial score (nSPS) is 10.3. The first-order chi connectivity index (χ1) is 6.25. The fourth-order valence-electron chi connectivity index (χ4n) is 0.851. The zero-order chi connectivity index (χ0) is 9.26. The molecule has 0 saturated carbocycles. The quantitative estimate of drug-likeness (QED) is 0.727. The van der Waals surface area contributed by atoms with Gasteiger partial charge in [0.1, 0.15) is 5.01 Å². The lowest BCUT2D eigenvalue weighted by molar-refractivity contribution is 1.07. The molecule has 0 unspecified atom stereocenters. The van der Waals surface area contributed by atoms with Crippen LogP contribution >= 0.6 is 49.9 Å². The van der Waals surface area contributed by atoms with Crippen molar-refractivity contribution >= 4 is 49.9 Å². The number of aromatic nitrogens is 3. The molecule has 0 aliphatic carbocycles. The second-order valence-electron chi connectivity index (χ2n) is 2.25. The molecule has 0 spiro atoms. The Morgan fingerprint density at radius 1 is 1.31 bits per heavy atom. The Morgan fingerprint density at radius 3 is 2.77 bits per heavy atom. The molecule has 0 bridgehead atoms. The molecule has 0 aromatic carbocycles. The largest absolute Gasteiger partial charge is 0.263 e. The summed E-state index contributed by atoms with van der Waals surface area (Å²) in [6.45, 7) is 0. The number of hydrogen-bond acceptors (Lipinski definition) is 4. The topological polar surface area (TPSA) is 38.7 Å². The highest BCUT2D eigenvalue weighted by atomic mass is 127. The molecule has 2 aromatic rings. The molecule has 2 rings (SSSR count). The van der Waals surface area contributed by atoms with Gasteiger partial charge < -0.3 is 0 Å². The first kappa shape index (κ1) is 9.47. The van der Waals surface area contributed by atoms with E-state index < -0.39 is 0 Å². The number of hydrogen-bond donors (Lipinski definition) is 0. The highest BCUT2D eigenvalue weighted by Gasteiger charge is 2.04. The van der Waals surface area contributed by atoms with Crippen LogP contribution < -0.4 is 0 Å². The average Bonchev–Trinajstić information content (AvgIpc) is 2.52. The Morgan fingerprint density at radius 2 is 2.15 bits per heavy atom. The molecule has 0 saturated heterocycles. The third kappa shape index (κ3) is 2.23. The molecule has 0 radical (unpaired) electrons. The molecule has 0 N–H and O–H groups in total. The molecule has 66 valence electrons. The highest BCUT2D eigenvalue weighted by Crippen LogP contribution is 2.25. The van der Waals surface area contributed by atoms with Crippen LogP contribution in [0, 0.1) is 3.01 Å². The van der Waals surface area contributed by atoms with Crippen molar-refractivity contribution in [2.45, 2.75) is 0 Å². The van der Waals surface area contributed by atoms with Gasteiger partial charge in [-0.1, -0.05) is 11.3 Å². The van der Waals surface area contributed by atoms with E-state index in [9.17, 15) is 0 Å². The molecule has 0 aliphatic rings. The number of pyridine rings is 1. The van der Waals surface area contributed by atoms with E-state index in [1.165, 1.54) is 0 Å². The maximum atomic E-state index is 4.06. The van der Waals surface area contributed by atoms with Crippen LogP contribution in [0.4, 0.5) is 0 Å². The van der Waals surface area contributed by atoms with E-state index in [-0.39, 0.29) is 0 Å². The minimum Gasteiger partial charge on any atom is -0.263 e.